The van der Waals surface area contributed by atoms with E-state index in [0.29, 0.717) is 24.6 Å². The molecule has 198 valence electrons. The Bertz CT molecular complexity index is 1530. The lowest BCUT2D eigenvalue weighted by molar-refractivity contribution is -0.216. The van der Waals surface area contributed by atoms with Gasteiger partial charge in [-0.15, -0.1) is 10.2 Å². The third-order valence-corrected chi connectivity index (χ3v) is 8.96. The minimum atomic E-state index is -4.34. The number of fused-ring (bicyclic) bond motifs is 3. The summed E-state index contributed by atoms with van der Waals surface area (Å²) in [6.07, 6.45) is 5.10. The molecule has 1 aliphatic heterocycles. The number of rotatable bonds is 4. The zero-order valence-electron chi connectivity index (χ0n) is 21.4. The van der Waals surface area contributed by atoms with E-state index in [-0.39, 0.29) is 24.1 Å². The van der Waals surface area contributed by atoms with Crippen molar-refractivity contribution in [3.63, 3.8) is 0 Å². The molecule has 2 aliphatic carbocycles. The van der Waals surface area contributed by atoms with E-state index in [1.807, 2.05) is 42.9 Å². The van der Waals surface area contributed by atoms with E-state index < -0.39 is 11.6 Å². The van der Waals surface area contributed by atoms with Crippen molar-refractivity contribution in [2.24, 2.45) is 12.5 Å². The Hall–Kier alpha value is -3.63. The van der Waals surface area contributed by atoms with Gasteiger partial charge in [0.1, 0.15) is 22.9 Å². The molecule has 3 aliphatic rings. The van der Waals surface area contributed by atoms with Crippen LogP contribution in [0.2, 0.25) is 0 Å². The molecule has 4 aromatic heterocycles. The summed E-state index contributed by atoms with van der Waals surface area (Å²) in [7, 11) is 1.86. The molecule has 7 rings (SSSR count). The summed E-state index contributed by atoms with van der Waals surface area (Å²) in [6, 6.07) is 5.92. The fourth-order valence-corrected chi connectivity index (χ4v) is 6.41. The first-order valence-corrected chi connectivity index (χ1v) is 13.1. The number of pyridine rings is 1. The Balaban J connectivity index is 1.33. The maximum atomic E-state index is 14.3. The summed E-state index contributed by atoms with van der Waals surface area (Å²) in [4.78, 5) is 4.54. The topological polar surface area (TPSA) is 78.4 Å². The van der Waals surface area contributed by atoms with E-state index in [1.54, 1.807) is 10.9 Å². The number of alkyl halides is 3. The number of hydrogen-bond acceptors (Lipinski definition) is 5. The molecule has 2 saturated carbocycles. The van der Waals surface area contributed by atoms with E-state index in [2.05, 4.69) is 36.4 Å². The van der Waals surface area contributed by atoms with Gasteiger partial charge in [0.25, 0.3) is 0 Å². The highest BCUT2D eigenvalue weighted by Gasteiger charge is 2.62. The van der Waals surface area contributed by atoms with Crippen LogP contribution >= 0.6 is 0 Å². The molecule has 0 radical (unpaired) electrons. The van der Waals surface area contributed by atoms with Crippen molar-refractivity contribution in [3.8, 4) is 22.6 Å². The maximum absolute atomic E-state index is 14.3. The second-order valence-corrected chi connectivity index (χ2v) is 11.3. The van der Waals surface area contributed by atoms with Gasteiger partial charge in [0.05, 0.1) is 11.9 Å². The lowest BCUT2D eigenvalue weighted by Crippen LogP contribution is -2.50. The smallest absolute Gasteiger partial charge is 0.344 e. The average Bonchev–Trinajstić information content (AvgIpc) is 3.50. The minimum Gasteiger partial charge on any atom is -0.344 e. The summed E-state index contributed by atoms with van der Waals surface area (Å²) >= 11 is 0. The summed E-state index contributed by atoms with van der Waals surface area (Å²) in [6.45, 7) is 3.30. The van der Waals surface area contributed by atoms with Gasteiger partial charge in [-0.05, 0) is 55.9 Å². The molecule has 0 amide bonds. The quantitative estimate of drug-likeness (QED) is 0.369. The van der Waals surface area contributed by atoms with Crippen LogP contribution in [0.25, 0.3) is 22.6 Å². The van der Waals surface area contributed by atoms with Crippen LogP contribution in [0, 0.1) is 12.3 Å². The Morgan fingerprint density at radius 2 is 1.82 bits per heavy atom. The van der Waals surface area contributed by atoms with Crippen LogP contribution in [0.3, 0.4) is 0 Å². The Morgan fingerprint density at radius 1 is 1.03 bits per heavy atom. The molecule has 0 atom stereocenters. The number of anilines is 2. The largest absolute Gasteiger partial charge is 0.401 e. The van der Waals surface area contributed by atoms with Crippen molar-refractivity contribution in [1.29, 1.82) is 0 Å². The first-order valence-electron chi connectivity index (χ1n) is 13.1. The van der Waals surface area contributed by atoms with Gasteiger partial charge < -0.3 is 14.5 Å². The lowest BCUT2D eigenvalue weighted by Gasteiger charge is -2.45. The highest BCUT2D eigenvalue weighted by Crippen LogP contribution is 2.56. The van der Waals surface area contributed by atoms with Crippen LogP contribution in [0.1, 0.15) is 49.9 Å². The lowest BCUT2D eigenvalue weighted by atomic mass is 9.66. The molecule has 38 heavy (non-hydrogen) atoms. The molecule has 0 saturated heterocycles. The predicted molar refractivity (Wildman–Crippen MR) is 136 cm³/mol. The Kier molecular flexibility index (Phi) is 4.91. The summed E-state index contributed by atoms with van der Waals surface area (Å²) in [5.74, 6) is 2.14. The minimum absolute atomic E-state index is 0.0799. The van der Waals surface area contributed by atoms with Crippen molar-refractivity contribution >= 4 is 11.6 Å². The van der Waals surface area contributed by atoms with E-state index in [1.165, 1.54) is 0 Å². The van der Waals surface area contributed by atoms with E-state index in [4.69, 9.17) is 0 Å². The van der Waals surface area contributed by atoms with Crippen LogP contribution in [-0.2, 0) is 25.6 Å². The molecule has 5 heterocycles. The van der Waals surface area contributed by atoms with Crippen LogP contribution in [0.5, 0.6) is 0 Å². The summed E-state index contributed by atoms with van der Waals surface area (Å²) < 4.78 is 48.7. The number of aromatic nitrogens is 7. The van der Waals surface area contributed by atoms with Crippen LogP contribution in [0.15, 0.2) is 36.8 Å². The summed E-state index contributed by atoms with van der Waals surface area (Å²) in [5.41, 5.74) is 1.84. The van der Waals surface area contributed by atoms with Crippen molar-refractivity contribution < 1.29 is 13.2 Å². The van der Waals surface area contributed by atoms with Crippen LogP contribution in [0.4, 0.5) is 24.8 Å². The molecule has 1 N–H and O–H groups in total. The van der Waals surface area contributed by atoms with Gasteiger partial charge in [-0.3, -0.25) is 4.68 Å². The number of halogens is 3. The highest BCUT2D eigenvalue weighted by molar-refractivity contribution is 5.75. The molecule has 8 nitrogen and oxygen atoms in total. The third kappa shape index (κ3) is 3.36. The van der Waals surface area contributed by atoms with Crippen molar-refractivity contribution in [3.05, 3.63) is 48.2 Å². The molecule has 2 fully saturated rings. The predicted octanol–water partition coefficient (Wildman–Crippen LogP) is 5.76. The van der Waals surface area contributed by atoms with Gasteiger partial charge in [0, 0.05) is 49.6 Å². The molecule has 0 bridgehead atoms. The normalized spacial score (nSPS) is 19.3. The van der Waals surface area contributed by atoms with E-state index in [9.17, 15) is 13.2 Å². The third-order valence-electron chi connectivity index (χ3n) is 8.96. The fraction of sp³-hybridized carbons (Fsp3) is 0.481. The molecule has 0 aromatic carbocycles. The second-order valence-electron chi connectivity index (χ2n) is 11.3. The molecule has 4 aromatic rings. The molecule has 11 heteroatoms. The van der Waals surface area contributed by atoms with Crippen molar-refractivity contribution in [2.45, 2.75) is 70.1 Å². The monoisotopic (exact) mass is 522 g/mol. The van der Waals surface area contributed by atoms with Gasteiger partial charge in [-0.2, -0.15) is 18.3 Å². The maximum Gasteiger partial charge on any atom is 0.401 e. The van der Waals surface area contributed by atoms with Crippen molar-refractivity contribution in [2.75, 3.05) is 5.32 Å². The van der Waals surface area contributed by atoms with E-state index >= 15 is 0 Å². The zero-order valence-corrected chi connectivity index (χ0v) is 21.4. The van der Waals surface area contributed by atoms with Crippen LogP contribution in [-0.4, -0.2) is 40.3 Å². The van der Waals surface area contributed by atoms with E-state index in [0.717, 1.165) is 54.0 Å². The number of hydrogen-bond donors (Lipinski definition) is 1. The molecular formula is C27H29F3N8. The van der Waals surface area contributed by atoms with Gasteiger partial charge in [-0.1, -0.05) is 12.8 Å². The second kappa shape index (κ2) is 7.94. The van der Waals surface area contributed by atoms with Crippen LogP contribution < -0.4 is 5.32 Å². The highest BCUT2D eigenvalue weighted by atomic mass is 19.4. The number of aryl methyl sites for hydroxylation is 2. The summed E-state index contributed by atoms with van der Waals surface area (Å²) in [5, 5.41) is 16.1. The number of nitrogens with one attached hydrogen (secondary N) is 1. The van der Waals surface area contributed by atoms with Gasteiger partial charge >= 0.3 is 6.18 Å². The molecule has 0 unspecified atom stereocenters. The Labute approximate surface area is 217 Å². The Morgan fingerprint density at radius 3 is 2.45 bits per heavy atom. The molecular weight excluding hydrogens is 493 g/mol. The zero-order chi connectivity index (χ0) is 26.3. The standard InChI is InChI=1S/C27H29F3N8/c1-17-13-31-21(33-22-5-10-32-36(22)2)12-19(17)18-11-20-23-34-35-24(26(8-4-9-26)27(28,29)30)38(23)16-25(6-3-7-25)15-37(20)14-18/h5,10-14H,3-4,6-9,15-16H2,1-2H3,(H,31,33). The van der Waals surface area contributed by atoms with Gasteiger partial charge in [0.2, 0.25) is 0 Å². The number of nitrogens with zero attached hydrogens (tertiary/aromatic N) is 7. The fourth-order valence-electron chi connectivity index (χ4n) is 6.41. The van der Waals surface area contributed by atoms with Gasteiger partial charge in [0.15, 0.2) is 5.82 Å². The average molecular weight is 523 g/mol. The molecule has 1 spiro atoms. The SMILES string of the molecule is Cc1cnc(Nc2ccnn2C)cc1-c1cc2n(c1)CC1(CCC1)Cn1c-2nnc1C1(C(F)(F)F)CCC1. The van der Waals surface area contributed by atoms with Gasteiger partial charge in [-0.25, -0.2) is 4.98 Å². The first kappa shape index (κ1) is 23.5. The van der Waals surface area contributed by atoms with Crippen molar-refractivity contribution in [1.82, 2.24) is 34.1 Å². The first-order chi connectivity index (χ1) is 18.2.